The quantitative estimate of drug-likeness (QED) is 0.725. The average Bonchev–Trinajstić information content (AvgIpc) is 2.94. The number of carbonyl (C=O) groups is 1. The van der Waals surface area contributed by atoms with Gasteiger partial charge in [0.1, 0.15) is 11.5 Å². The number of nitrogens with two attached hydrogens (primary N) is 1. The van der Waals surface area contributed by atoms with Gasteiger partial charge in [0.2, 0.25) is 0 Å². The van der Waals surface area contributed by atoms with Crippen molar-refractivity contribution >= 4 is 42.1 Å². The lowest BCUT2D eigenvalue weighted by atomic mass is 10.1. The van der Waals surface area contributed by atoms with Crippen LogP contribution in [0, 0.1) is 5.82 Å². The van der Waals surface area contributed by atoms with Gasteiger partial charge < -0.3 is 11.1 Å². The van der Waals surface area contributed by atoms with Gasteiger partial charge in [-0.25, -0.2) is 9.37 Å². The van der Waals surface area contributed by atoms with Crippen LogP contribution in [0.3, 0.4) is 0 Å². The van der Waals surface area contributed by atoms with Gasteiger partial charge in [0.25, 0.3) is 5.91 Å². The lowest BCUT2D eigenvalue weighted by Crippen LogP contribution is -2.25. The third-order valence-electron chi connectivity index (χ3n) is 3.00. The van der Waals surface area contributed by atoms with Gasteiger partial charge in [0, 0.05) is 18.3 Å². The number of halogens is 3. The van der Waals surface area contributed by atoms with Crippen molar-refractivity contribution in [3.8, 4) is 0 Å². The molecule has 0 bridgehead atoms. The highest BCUT2D eigenvalue weighted by atomic mass is 35.5. The normalized spacial score (nSPS) is 9.65. The van der Waals surface area contributed by atoms with Gasteiger partial charge in [-0.2, -0.15) is 0 Å². The van der Waals surface area contributed by atoms with Crippen LogP contribution in [0.2, 0.25) is 0 Å². The molecule has 1 heterocycles. The molecular weight excluding hydrogens is 360 g/mol. The molecule has 0 saturated carbocycles. The number of hydrogen-bond donors (Lipinski definition) is 2. The van der Waals surface area contributed by atoms with Gasteiger partial charge >= 0.3 is 0 Å². The second-order valence-electron chi connectivity index (χ2n) is 4.65. The topological polar surface area (TPSA) is 68.0 Å². The Morgan fingerprint density at radius 3 is 2.70 bits per heavy atom. The maximum Gasteiger partial charge on any atom is 0.270 e. The molecule has 0 radical (unpaired) electrons. The molecule has 2 rings (SSSR count). The van der Waals surface area contributed by atoms with Crippen LogP contribution in [0.15, 0.2) is 29.6 Å². The first-order valence-corrected chi connectivity index (χ1v) is 7.74. The first-order valence-electron chi connectivity index (χ1n) is 6.87. The molecule has 0 atom stereocenters. The Labute approximate surface area is 151 Å². The summed E-state index contributed by atoms with van der Waals surface area (Å²) in [6.07, 6.45) is 2.14. The van der Waals surface area contributed by atoms with Crippen LogP contribution in [0.25, 0.3) is 0 Å². The van der Waals surface area contributed by atoms with E-state index in [9.17, 15) is 9.18 Å². The molecule has 1 amide bonds. The minimum absolute atomic E-state index is 0. The van der Waals surface area contributed by atoms with Gasteiger partial charge in [-0.3, -0.25) is 4.79 Å². The first-order chi connectivity index (χ1) is 10.2. The van der Waals surface area contributed by atoms with Crippen LogP contribution < -0.4 is 11.1 Å². The van der Waals surface area contributed by atoms with Crippen molar-refractivity contribution in [2.75, 3.05) is 13.1 Å². The van der Waals surface area contributed by atoms with Gasteiger partial charge in [-0.1, -0.05) is 18.2 Å². The highest BCUT2D eigenvalue weighted by Gasteiger charge is 2.11. The minimum atomic E-state index is -0.250. The summed E-state index contributed by atoms with van der Waals surface area (Å²) in [5, 5.41) is 5.23. The Hall–Kier alpha value is -1.21. The third-order valence-corrected chi connectivity index (χ3v) is 3.85. The summed E-state index contributed by atoms with van der Waals surface area (Å²) in [7, 11) is 0. The molecule has 0 aliphatic rings. The highest BCUT2D eigenvalue weighted by molar-refractivity contribution is 7.09. The Morgan fingerprint density at radius 1 is 1.26 bits per heavy atom. The van der Waals surface area contributed by atoms with E-state index in [0.717, 1.165) is 17.8 Å². The van der Waals surface area contributed by atoms with Gasteiger partial charge in [0.15, 0.2) is 0 Å². The first kappa shape index (κ1) is 21.8. The number of nitrogens with zero attached hydrogens (tertiary/aromatic N) is 1. The smallest absolute Gasteiger partial charge is 0.270 e. The fraction of sp³-hybridized carbons (Fsp3) is 0.333. The summed E-state index contributed by atoms with van der Waals surface area (Å²) in [6, 6.07) is 6.59. The summed E-state index contributed by atoms with van der Waals surface area (Å²) >= 11 is 1.37. The van der Waals surface area contributed by atoms with Crippen LogP contribution in [0.4, 0.5) is 4.39 Å². The number of carbonyl (C=O) groups excluding carboxylic acids is 1. The Morgan fingerprint density at radius 2 is 2.00 bits per heavy atom. The lowest BCUT2D eigenvalue weighted by molar-refractivity contribution is 0.0948. The zero-order chi connectivity index (χ0) is 15.1. The number of benzene rings is 1. The second-order valence-corrected chi connectivity index (χ2v) is 5.59. The van der Waals surface area contributed by atoms with Gasteiger partial charge in [-0.05, 0) is 31.0 Å². The number of nitrogens with one attached hydrogen (secondary N) is 1. The molecule has 128 valence electrons. The van der Waals surface area contributed by atoms with Crippen molar-refractivity contribution in [1.82, 2.24) is 10.3 Å². The molecule has 0 aliphatic heterocycles. The molecule has 0 unspecified atom stereocenters. The van der Waals surface area contributed by atoms with Crippen molar-refractivity contribution in [1.29, 1.82) is 0 Å². The summed E-state index contributed by atoms with van der Waals surface area (Å²) in [5.74, 6) is -0.441. The van der Waals surface area contributed by atoms with Crippen LogP contribution in [-0.2, 0) is 6.42 Å². The van der Waals surface area contributed by atoms with Gasteiger partial charge in [-0.15, -0.1) is 36.2 Å². The fourth-order valence-corrected chi connectivity index (χ4v) is 2.66. The zero-order valence-corrected chi connectivity index (χ0v) is 14.9. The van der Waals surface area contributed by atoms with E-state index >= 15 is 0 Å². The predicted octanol–water partition coefficient (Wildman–Crippen LogP) is 3.19. The molecule has 0 saturated heterocycles. The SMILES string of the molecule is Cl.Cl.NCCCCNC(=O)c1csc(Cc2ccccc2F)n1. The number of hydrogen-bond acceptors (Lipinski definition) is 4. The predicted molar refractivity (Wildman–Crippen MR) is 96.4 cm³/mol. The van der Waals surface area contributed by atoms with Crippen molar-refractivity contribution in [3.05, 3.63) is 51.7 Å². The minimum Gasteiger partial charge on any atom is -0.351 e. The molecule has 0 fully saturated rings. The Bertz CT molecular complexity index is 610. The molecule has 8 heteroatoms. The van der Waals surface area contributed by atoms with Crippen LogP contribution in [-0.4, -0.2) is 24.0 Å². The number of aromatic nitrogens is 1. The van der Waals surface area contributed by atoms with Crippen molar-refractivity contribution in [3.63, 3.8) is 0 Å². The third kappa shape index (κ3) is 6.83. The van der Waals surface area contributed by atoms with Gasteiger partial charge in [0.05, 0.1) is 5.01 Å². The van der Waals surface area contributed by atoms with Crippen molar-refractivity contribution < 1.29 is 9.18 Å². The maximum absolute atomic E-state index is 13.6. The van der Waals surface area contributed by atoms with Crippen LogP contribution in [0.1, 0.15) is 33.9 Å². The number of thiazole rings is 1. The van der Waals surface area contributed by atoms with Crippen LogP contribution >= 0.6 is 36.2 Å². The van der Waals surface area contributed by atoms with E-state index in [2.05, 4.69) is 10.3 Å². The second kappa shape index (κ2) is 11.3. The van der Waals surface area contributed by atoms with E-state index in [-0.39, 0.29) is 36.5 Å². The highest BCUT2D eigenvalue weighted by Crippen LogP contribution is 2.17. The molecule has 2 aromatic rings. The molecule has 0 spiro atoms. The van der Waals surface area contributed by atoms with E-state index < -0.39 is 0 Å². The molecular formula is C15H20Cl2FN3OS. The van der Waals surface area contributed by atoms with Crippen molar-refractivity contribution in [2.24, 2.45) is 5.73 Å². The van der Waals surface area contributed by atoms with E-state index in [1.165, 1.54) is 17.4 Å². The number of rotatable bonds is 7. The average molecular weight is 380 g/mol. The standard InChI is InChI=1S/C15H18FN3OS.2ClH/c16-12-6-2-1-5-11(12)9-14-19-13(10-21-14)15(20)18-8-4-3-7-17;;/h1-2,5-6,10H,3-4,7-9,17H2,(H,18,20);2*1H. The van der Waals surface area contributed by atoms with E-state index in [1.807, 2.05) is 0 Å². The van der Waals surface area contributed by atoms with E-state index in [1.54, 1.807) is 23.6 Å². The Balaban J connectivity index is 0.00000242. The molecule has 1 aromatic heterocycles. The monoisotopic (exact) mass is 379 g/mol. The lowest BCUT2D eigenvalue weighted by Gasteiger charge is -2.02. The number of unbranched alkanes of at least 4 members (excludes halogenated alkanes) is 1. The summed E-state index contributed by atoms with van der Waals surface area (Å²) in [5.41, 5.74) is 6.36. The molecule has 3 N–H and O–H groups in total. The maximum atomic E-state index is 13.6. The molecule has 0 aliphatic carbocycles. The summed E-state index contributed by atoms with van der Waals surface area (Å²) in [6.45, 7) is 1.22. The summed E-state index contributed by atoms with van der Waals surface area (Å²) in [4.78, 5) is 16.1. The van der Waals surface area contributed by atoms with Crippen molar-refractivity contribution in [2.45, 2.75) is 19.3 Å². The zero-order valence-electron chi connectivity index (χ0n) is 12.5. The van der Waals surface area contributed by atoms with E-state index in [4.69, 9.17) is 5.73 Å². The van der Waals surface area contributed by atoms with E-state index in [0.29, 0.717) is 30.8 Å². The largest absolute Gasteiger partial charge is 0.351 e. The Kier molecular flexibility index (Phi) is 10.7. The summed E-state index contributed by atoms with van der Waals surface area (Å²) < 4.78 is 13.6. The molecule has 1 aromatic carbocycles. The van der Waals surface area contributed by atoms with Crippen LogP contribution in [0.5, 0.6) is 0 Å². The number of amides is 1. The molecule has 4 nitrogen and oxygen atoms in total. The molecule has 23 heavy (non-hydrogen) atoms. The fourth-order valence-electron chi connectivity index (χ4n) is 1.86.